The molecule has 1 unspecified atom stereocenters. The van der Waals surface area contributed by atoms with Crippen molar-refractivity contribution in [3.05, 3.63) is 29.8 Å². The maximum Gasteiger partial charge on any atom is 0.422 e. The van der Waals surface area contributed by atoms with E-state index in [9.17, 15) is 18.0 Å². The number of likely N-dealkylation sites (tertiary alicyclic amines) is 1. The van der Waals surface area contributed by atoms with Gasteiger partial charge in [0, 0.05) is 18.2 Å². The Balaban J connectivity index is 1.78. The summed E-state index contributed by atoms with van der Waals surface area (Å²) >= 11 is 0. The van der Waals surface area contributed by atoms with Gasteiger partial charge in [0.1, 0.15) is 5.75 Å². The summed E-state index contributed by atoms with van der Waals surface area (Å²) < 4.78 is 40.9. The molecular formula is C18H25F3N2O2. The van der Waals surface area contributed by atoms with Crippen LogP contribution in [-0.4, -0.2) is 49.3 Å². The number of piperidine rings is 1. The molecule has 0 spiro atoms. The predicted octanol–water partition coefficient (Wildman–Crippen LogP) is 3.48. The van der Waals surface area contributed by atoms with E-state index in [0.717, 1.165) is 19.0 Å². The molecule has 2 rings (SSSR count). The van der Waals surface area contributed by atoms with E-state index in [1.807, 2.05) is 0 Å². The van der Waals surface area contributed by atoms with Crippen molar-refractivity contribution >= 4 is 5.91 Å². The Morgan fingerprint density at radius 1 is 1.28 bits per heavy atom. The lowest BCUT2D eigenvalue weighted by Gasteiger charge is -2.35. The van der Waals surface area contributed by atoms with Crippen LogP contribution in [0.15, 0.2) is 24.3 Å². The number of ether oxygens (including phenoxy) is 1. The van der Waals surface area contributed by atoms with E-state index in [-0.39, 0.29) is 17.7 Å². The van der Waals surface area contributed by atoms with Gasteiger partial charge in [0.05, 0.1) is 0 Å². The zero-order chi connectivity index (χ0) is 18.4. The highest BCUT2D eigenvalue weighted by atomic mass is 19.4. The van der Waals surface area contributed by atoms with Gasteiger partial charge in [-0.25, -0.2) is 0 Å². The summed E-state index contributed by atoms with van der Waals surface area (Å²) in [6.45, 7) is 5.63. The molecule has 1 saturated heterocycles. The van der Waals surface area contributed by atoms with Crippen molar-refractivity contribution in [2.45, 2.75) is 38.9 Å². The van der Waals surface area contributed by atoms with Crippen LogP contribution >= 0.6 is 0 Å². The molecule has 1 aromatic rings. The van der Waals surface area contributed by atoms with Crippen molar-refractivity contribution < 1.29 is 22.7 Å². The Morgan fingerprint density at radius 3 is 2.44 bits per heavy atom. The van der Waals surface area contributed by atoms with E-state index >= 15 is 0 Å². The molecule has 0 aromatic heterocycles. The summed E-state index contributed by atoms with van der Waals surface area (Å²) in [5, 5.41) is 2.88. The summed E-state index contributed by atoms with van der Waals surface area (Å²) in [6, 6.07) is 5.93. The van der Waals surface area contributed by atoms with Gasteiger partial charge < -0.3 is 10.1 Å². The normalized spacial score (nSPS) is 18.0. The number of carbonyl (C=O) groups excluding carboxylic acids is 1. The van der Waals surface area contributed by atoms with Crippen LogP contribution in [-0.2, 0) is 0 Å². The number of nitrogens with one attached hydrogen (secondary N) is 1. The lowest BCUT2D eigenvalue weighted by atomic mass is 9.98. The summed E-state index contributed by atoms with van der Waals surface area (Å²) in [4.78, 5) is 14.5. The fraction of sp³-hybridized carbons (Fsp3) is 0.611. The highest BCUT2D eigenvalue weighted by Gasteiger charge is 2.28. The second kappa shape index (κ2) is 8.56. The SMILES string of the molecule is CC1CCN(C(C)CNC(=O)c2ccc(OCC(F)(F)F)cc2)CC1. The van der Waals surface area contributed by atoms with Crippen LogP contribution in [0.3, 0.4) is 0 Å². The fourth-order valence-corrected chi connectivity index (χ4v) is 2.81. The first-order chi connectivity index (χ1) is 11.7. The van der Waals surface area contributed by atoms with Gasteiger partial charge in [0.25, 0.3) is 5.91 Å². The number of hydrogen-bond acceptors (Lipinski definition) is 3. The molecule has 1 atom stereocenters. The third-order valence-corrected chi connectivity index (χ3v) is 4.52. The fourth-order valence-electron chi connectivity index (χ4n) is 2.81. The Labute approximate surface area is 146 Å². The van der Waals surface area contributed by atoms with Crippen LogP contribution in [0.1, 0.15) is 37.0 Å². The van der Waals surface area contributed by atoms with Crippen molar-refractivity contribution in [3.63, 3.8) is 0 Å². The molecule has 140 valence electrons. The third-order valence-electron chi connectivity index (χ3n) is 4.52. The minimum Gasteiger partial charge on any atom is -0.484 e. The molecule has 7 heteroatoms. The molecule has 0 radical (unpaired) electrons. The van der Waals surface area contributed by atoms with Crippen LogP contribution < -0.4 is 10.1 Å². The molecule has 1 amide bonds. The lowest BCUT2D eigenvalue weighted by molar-refractivity contribution is -0.153. The van der Waals surface area contributed by atoms with Crippen LogP contribution in [0.25, 0.3) is 0 Å². The topological polar surface area (TPSA) is 41.6 Å². The van der Waals surface area contributed by atoms with Gasteiger partial charge >= 0.3 is 6.18 Å². The molecular weight excluding hydrogens is 333 g/mol. The summed E-state index contributed by atoms with van der Waals surface area (Å²) in [6.07, 6.45) is -2.02. The number of amides is 1. The third kappa shape index (κ3) is 6.57. The Bertz CT molecular complexity index is 552. The monoisotopic (exact) mass is 358 g/mol. The molecule has 0 aliphatic carbocycles. The van der Waals surface area contributed by atoms with E-state index in [0.29, 0.717) is 12.1 Å². The molecule has 1 aromatic carbocycles. The van der Waals surface area contributed by atoms with E-state index < -0.39 is 12.8 Å². The second-order valence-corrected chi connectivity index (χ2v) is 6.71. The number of rotatable bonds is 6. The Morgan fingerprint density at radius 2 is 1.88 bits per heavy atom. The van der Waals surface area contributed by atoms with Gasteiger partial charge in [-0.2, -0.15) is 13.2 Å². The van der Waals surface area contributed by atoms with Crippen LogP contribution in [0.2, 0.25) is 0 Å². The van der Waals surface area contributed by atoms with E-state index in [4.69, 9.17) is 0 Å². The average Bonchev–Trinajstić information content (AvgIpc) is 2.58. The average molecular weight is 358 g/mol. The van der Waals surface area contributed by atoms with Crippen molar-refractivity contribution in [2.75, 3.05) is 26.2 Å². The number of halogens is 3. The van der Waals surface area contributed by atoms with Crippen molar-refractivity contribution in [2.24, 2.45) is 5.92 Å². The zero-order valence-corrected chi connectivity index (χ0v) is 14.6. The molecule has 1 aliphatic heterocycles. The summed E-state index contributed by atoms with van der Waals surface area (Å²) in [5.74, 6) is 0.611. The number of hydrogen-bond donors (Lipinski definition) is 1. The van der Waals surface area contributed by atoms with Gasteiger partial charge in [-0.05, 0) is 63.0 Å². The molecule has 1 N–H and O–H groups in total. The van der Waals surface area contributed by atoms with E-state index in [1.54, 1.807) is 0 Å². The summed E-state index contributed by atoms with van der Waals surface area (Å²) in [7, 11) is 0. The van der Waals surface area contributed by atoms with Gasteiger partial charge in [0.2, 0.25) is 0 Å². The maximum atomic E-state index is 12.2. The largest absolute Gasteiger partial charge is 0.484 e. The smallest absolute Gasteiger partial charge is 0.422 e. The van der Waals surface area contributed by atoms with Gasteiger partial charge in [0.15, 0.2) is 6.61 Å². The quantitative estimate of drug-likeness (QED) is 0.847. The highest BCUT2D eigenvalue weighted by Crippen LogP contribution is 2.19. The minimum absolute atomic E-state index is 0.0877. The van der Waals surface area contributed by atoms with Crippen LogP contribution in [0.4, 0.5) is 13.2 Å². The molecule has 1 fully saturated rings. The predicted molar refractivity (Wildman–Crippen MR) is 89.8 cm³/mol. The number of nitrogens with zero attached hydrogens (tertiary/aromatic N) is 1. The number of alkyl halides is 3. The minimum atomic E-state index is -4.38. The summed E-state index contributed by atoms with van der Waals surface area (Å²) in [5.41, 5.74) is 0.402. The van der Waals surface area contributed by atoms with Gasteiger partial charge in [-0.15, -0.1) is 0 Å². The highest BCUT2D eigenvalue weighted by molar-refractivity contribution is 5.94. The standard InChI is InChI=1S/C18H25F3N2O2/c1-13-7-9-23(10-8-13)14(2)11-22-17(24)15-3-5-16(6-4-15)25-12-18(19,20)21/h3-6,13-14H,7-12H2,1-2H3,(H,22,24). The molecule has 1 heterocycles. The molecule has 25 heavy (non-hydrogen) atoms. The number of benzene rings is 1. The molecule has 0 saturated carbocycles. The van der Waals surface area contributed by atoms with E-state index in [1.165, 1.54) is 37.1 Å². The van der Waals surface area contributed by atoms with Gasteiger partial charge in [-0.3, -0.25) is 9.69 Å². The maximum absolute atomic E-state index is 12.2. The first-order valence-corrected chi connectivity index (χ1v) is 8.56. The van der Waals surface area contributed by atoms with E-state index in [2.05, 4.69) is 28.8 Å². The Kier molecular flexibility index (Phi) is 6.70. The molecule has 4 nitrogen and oxygen atoms in total. The molecule has 0 bridgehead atoms. The van der Waals surface area contributed by atoms with Crippen molar-refractivity contribution in [1.29, 1.82) is 0 Å². The van der Waals surface area contributed by atoms with Crippen molar-refractivity contribution in [3.8, 4) is 5.75 Å². The molecule has 1 aliphatic rings. The first kappa shape index (κ1) is 19.6. The van der Waals surface area contributed by atoms with Gasteiger partial charge in [-0.1, -0.05) is 6.92 Å². The Hall–Kier alpha value is -1.76. The second-order valence-electron chi connectivity index (χ2n) is 6.71. The lowest BCUT2D eigenvalue weighted by Crippen LogP contribution is -2.45. The zero-order valence-electron chi connectivity index (χ0n) is 14.6. The van der Waals surface area contributed by atoms with Crippen LogP contribution in [0.5, 0.6) is 5.75 Å². The van der Waals surface area contributed by atoms with Crippen molar-refractivity contribution in [1.82, 2.24) is 10.2 Å². The van der Waals surface area contributed by atoms with Crippen LogP contribution in [0, 0.1) is 5.92 Å². The number of carbonyl (C=O) groups is 1. The first-order valence-electron chi connectivity index (χ1n) is 8.56.